The zero-order valence-corrected chi connectivity index (χ0v) is 14.6. The molecule has 0 aliphatic rings. The number of aliphatic carboxylic acids is 1. The minimum absolute atomic E-state index is 0.0154. The Hall–Kier alpha value is -2.95. The average Bonchev–Trinajstić information content (AvgIpc) is 2.66. The fourth-order valence-corrected chi connectivity index (χ4v) is 2.66. The van der Waals surface area contributed by atoms with Crippen LogP contribution >= 0.6 is 0 Å². The van der Waals surface area contributed by atoms with Crippen LogP contribution in [0.1, 0.15) is 41.6 Å². The molecule has 0 saturated carbocycles. The SMILES string of the molecule is O=C(O)CCCN(Cc1ccccc1)C(=O)CCC(=O)c1ccccc1. The minimum Gasteiger partial charge on any atom is -0.481 e. The van der Waals surface area contributed by atoms with Gasteiger partial charge in [0.25, 0.3) is 0 Å². The van der Waals surface area contributed by atoms with Crippen molar-refractivity contribution < 1.29 is 19.5 Å². The predicted octanol–water partition coefficient (Wildman–Crippen LogP) is 3.54. The van der Waals surface area contributed by atoms with Crippen molar-refractivity contribution in [1.29, 1.82) is 0 Å². The topological polar surface area (TPSA) is 74.7 Å². The first-order valence-corrected chi connectivity index (χ1v) is 8.68. The van der Waals surface area contributed by atoms with E-state index in [-0.39, 0.29) is 31.0 Å². The van der Waals surface area contributed by atoms with Crippen LogP contribution in [0, 0.1) is 0 Å². The number of benzene rings is 2. The van der Waals surface area contributed by atoms with Gasteiger partial charge in [-0.2, -0.15) is 0 Å². The third-order valence-corrected chi connectivity index (χ3v) is 4.05. The van der Waals surface area contributed by atoms with Crippen LogP contribution in [0.3, 0.4) is 0 Å². The van der Waals surface area contributed by atoms with E-state index in [1.807, 2.05) is 36.4 Å². The van der Waals surface area contributed by atoms with Crippen LogP contribution in [0.15, 0.2) is 60.7 Å². The fraction of sp³-hybridized carbons (Fsp3) is 0.286. The number of carbonyl (C=O) groups is 3. The van der Waals surface area contributed by atoms with Gasteiger partial charge in [0.2, 0.25) is 5.91 Å². The van der Waals surface area contributed by atoms with Crippen molar-refractivity contribution in [2.45, 2.75) is 32.2 Å². The number of carboxylic acids is 1. The Kier molecular flexibility index (Phi) is 7.55. The lowest BCUT2D eigenvalue weighted by Crippen LogP contribution is -2.32. The maximum atomic E-state index is 12.6. The molecule has 0 spiro atoms. The van der Waals surface area contributed by atoms with E-state index < -0.39 is 5.97 Å². The summed E-state index contributed by atoms with van der Waals surface area (Å²) in [5, 5.41) is 8.81. The molecular formula is C21H23NO4. The van der Waals surface area contributed by atoms with Gasteiger partial charge in [-0.3, -0.25) is 14.4 Å². The number of carboxylic acid groups (broad SMARTS) is 1. The molecular weight excluding hydrogens is 330 g/mol. The number of rotatable bonds is 10. The molecule has 2 aromatic rings. The van der Waals surface area contributed by atoms with E-state index in [9.17, 15) is 14.4 Å². The third-order valence-electron chi connectivity index (χ3n) is 4.05. The molecule has 0 aliphatic heterocycles. The Morgan fingerprint density at radius 3 is 2.04 bits per heavy atom. The molecule has 2 aromatic carbocycles. The molecule has 0 atom stereocenters. The number of hydrogen-bond acceptors (Lipinski definition) is 3. The zero-order valence-electron chi connectivity index (χ0n) is 14.6. The molecule has 0 aliphatic carbocycles. The Labute approximate surface area is 153 Å². The van der Waals surface area contributed by atoms with Crippen LogP contribution in [0.4, 0.5) is 0 Å². The second-order valence-corrected chi connectivity index (χ2v) is 6.09. The Balaban J connectivity index is 1.95. The largest absolute Gasteiger partial charge is 0.481 e. The van der Waals surface area contributed by atoms with Crippen molar-refractivity contribution in [3.8, 4) is 0 Å². The molecule has 0 fully saturated rings. The molecule has 0 unspecified atom stereocenters. The Morgan fingerprint density at radius 2 is 1.42 bits per heavy atom. The van der Waals surface area contributed by atoms with Crippen molar-refractivity contribution in [2.24, 2.45) is 0 Å². The number of carbonyl (C=O) groups excluding carboxylic acids is 2. The van der Waals surface area contributed by atoms with Gasteiger partial charge >= 0.3 is 5.97 Å². The Morgan fingerprint density at radius 1 is 0.808 bits per heavy atom. The van der Waals surface area contributed by atoms with Crippen LogP contribution in [-0.2, 0) is 16.1 Å². The average molecular weight is 353 g/mol. The molecule has 0 saturated heterocycles. The van der Waals surface area contributed by atoms with Gasteiger partial charge in [0, 0.05) is 37.9 Å². The highest BCUT2D eigenvalue weighted by Gasteiger charge is 2.16. The maximum absolute atomic E-state index is 12.6. The molecule has 1 N–H and O–H groups in total. The van der Waals surface area contributed by atoms with Crippen molar-refractivity contribution in [3.63, 3.8) is 0 Å². The lowest BCUT2D eigenvalue weighted by molar-refractivity contribution is -0.138. The maximum Gasteiger partial charge on any atom is 0.303 e. The van der Waals surface area contributed by atoms with E-state index in [1.165, 1.54) is 0 Å². The third kappa shape index (κ3) is 6.51. The summed E-state index contributed by atoms with van der Waals surface area (Å²) in [5.41, 5.74) is 1.58. The summed E-state index contributed by atoms with van der Waals surface area (Å²) in [6.07, 6.45) is 0.669. The second-order valence-electron chi connectivity index (χ2n) is 6.09. The molecule has 0 heterocycles. The molecule has 0 aromatic heterocycles. The van der Waals surface area contributed by atoms with Crippen LogP contribution in [0.25, 0.3) is 0 Å². The highest BCUT2D eigenvalue weighted by Crippen LogP contribution is 2.11. The normalized spacial score (nSPS) is 10.3. The van der Waals surface area contributed by atoms with E-state index in [4.69, 9.17) is 5.11 Å². The Bertz CT molecular complexity index is 728. The van der Waals surface area contributed by atoms with Crippen molar-refractivity contribution in [1.82, 2.24) is 4.90 Å². The molecule has 5 nitrogen and oxygen atoms in total. The summed E-state index contributed by atoms with van der Waals surface area (Å²) in [6, 6.07) is 18.4. The molecule has 26 heavy (non-hydrogen) atoms. The smallest absolute Gasteiger partial charge is 0.303 e. The van der Waals surface area contributed by atoms with E-state index in [0.29, 0.717) is 25.1 Å². The van der Waals surface area contributed by atoms with Gasteiger partial charge in [-0.05, 0) is 12.0 Å². The second kappa shape index (κ2) is 10.1. The van der Waals surface area contributed by atoms with Crippen LogP contribution < -0.4 is 0 Å². The summed E-state index contributed by atoms with van der Waals surface area (Å²) in [7, 11) is 0. The van der Waals surface area contributed by atoms with E-state index in [2.05, 4.69) is 0 Å². The number of Topliss-reactive ketones (excluding diaryl/α,β-unsaturated/α-hetero) is 1. The van der Waals surface area contributed by atoms with Gasteiger partial charge in [0.1, 0.15) is 0 Å². The monoisotopic (exact) mass is 353 g/mol. The van der Waals surface area contributed by atoms with E-state index in [1.54, 1.807) is 29.2 Å². The van der Waals surface area contributed by atoms with E-state index in [0.717, 1.165) is 5.56 Å². The van der Waals surface area contributed by atoms with Crippen LogP contribution in [0.5, 0.6) is 0 Å². The van der Waals surface area contributed by atoms with Gasteiger partial charge in [-0.1, -0.05) is 60.7 Å². The van der Waals surface area contributed by atoms with Crippen LogP contribution in [-0.4, -0.2) is 34.2 Å². The summed E-state index contributed by atoms with van der Waals surface area (Å²) in [6.45, 7) is 0.776. The molecule has 2 rings (SSSR count). The van der Waals surface area contributed by atoms with Crippen molar-refractivity contribution in [2.75, 3.05) is 6.54 Å². The predicted molar refractivity (Wildman–Crippen MR) is 98.7 cm³/mol. The molecule has 0 radical (unpaired) electrons. The van der Waals surface area contributed by atoms with Crippen molar-refractivity contribution in [3.05, 3.63) is 71.8 Å². The quantitative estimate of drug-likeness (QED) is 0.663. The summed E-state index contributed by atoms with van der Waals surface area (Å²) in [5.74, 6) is -1.08. The minimum atomic E-state index is -0.878. The van der Waals surface area contributed by atoms with Gasteiger partial charge in [-0.15, -0.1) is 0 Å². The lowest BCUT2D eigenvalue weighted by atomic mass is 10.1. The molecule has 5 heteroatoms. The number of ketones is 1. The molecule has 1 amide bonds. The standard InChI is InChI=1S/C21H23NO4/c23-19(18-10-5-2-6-11-18)13-14-20(24)22(15-7-12-21(25)26)16-17-8-3-1-4-9-17/h1-6,8-11H,7,12-16H2,(H,25,26). The fourth-order valence-electron chi connectivity index (χ4n) is 2.66. The van der Waals surface area contributed by atoms with E-state index >= 15 is 0 Å². The molecule has 136 valence electrons. The number of nitrogens with zero attached hydrogens (tertiary/aromatic N) is 1. The summed E-state index contributed by atoms with van der Waals surface area (Å²) < 4.78 is 0. The first-order valence-electron chi connectivity index (χ1n) is 8.68. The lowest BCUT2D eigenvalue weighted by Gasteiger charge is -2.22. The molecule has 0 bridgehead atoms. The highest BCUT2D eigenvalue weighted by molar-refractivity contribution is 5.97. The first-order chi connectivity index (χ1) is 12.6. The van der Waals surface area contributed by atoms with Crippen molar-refractivity contribution >= 4 is 17.7 Å². The van der Waals surface area contributed by atoms with Gasteiger partial charge in [-0.25, -0.2) is 0 Å². The van der Waals surface area contributed by atoms with Gasteiger partial charge < -0.3 is 10.0 Å². The van der Waals surface area contributed by atoms with Gasteiger partial charge in [0.05, 0.1) is 0 Å². The number of hydrogen-bond donors (Lipinski definition) is 1. The highest BCUT2D eigenvalue weighted by atomic mass is 16.4. The first kappa shape index (κ1) is 19.4. The van der Waals surface area contributed by atoms with Gasteiger partial charge in [0.15, 0.2) is 5.78 Å². The summed E-state index contributed by atoms with van der Waals surface area (Å²) >= 11 is 0. The summed E-state index contributed by atoms with van der Waals surface area (Å²) in [4.78, 5) is 37.1. The number of amides is 1. The zero-order chi connectivity index (χ0) is 18.8. The van der Waals surface area contributed by atoms with Crippen LogP contribution in [0.2, 0.25) is 0 Å².